The summed E-state index contributed by atoms with van der Waals surface area (Å²) in [6.45, 7) is 0.214. The van der Waals surface area contributed by atoms with Crippen molar-refractivity contribution >= 4 is 21.0 Å². The summed E-state index contributed by atoms with van der Waals surface area (Å²) in [4.78, 5) is 11.2. The van der Waals surface area contributed by atoms with Crippen LogP contribution in [-0.4, -0.2) is 26.7 Å². The minimum Gasteiger partial charge on any atom is -0.423 e. The maximum atomic E-state index is 12.2. The molecule has 112 valence electrons. The zero-order valence-corrected chi connectivity index (χ0v) is 12.0. The minimum absolute atomic E-state index is 0.0155. The first-order valence-electron chi connectivity index (χ1n) is 6.59. The largest absolute Gasteiger partial charge is 0.423 e. The molecule has 0 unspecified atom stereocenters. The van der Waals surface area contributed by atoms with Crippen LogP contribution in [0.3, 0.4) is 0 Å². The van der Waals surface area contributed by atoms with Gasteiger partial charge in [-0.05, 0) is 37.1 Å². The molecule has 3 rings (SSSR count). The number of benzene rings is 1. The van der Waals surface area contributed by atoms with Gasteiger partial charge in [-0.3, -0.25) is 0 Å². The van der Waals surface area contributed by atoms with Crippen molar-refractivity contribution in [1.82, 2.24) is 4.72 Å². The zero-order valence-electron chi connectivity index (χ0n) is 11.2. The summed E-state index contributed by atoms with van der Waals surface area (Å²) in [5.74, 6) is 0. The smallest absolute Gasteiger partial charge is 0.336 e. The van der Waals surface area contributed by atoms with Crippen molar-refractivity contribution in [3.63, 3.8) is 0 Å². The number of aliphatic hydroxyl groups is 1. The normalized spacial score (nSPS) is 17.0. The quantitative estimate of drug-likeness (QED) is 0.798. The highest BCUT2D eigenvalue weighted by atomic mass is 32.2. The van der Waals surface area contributed by atoms with Crippen molar-refractivity contribution in [1.29, 1.82) is 0 Å². The van der Waals surface area contributed by atoms with E-state index in [-0.39, 0.29) is 23.5 Å². The molecule has 2 N–H and O–H groups in total. The predicted octanol–water partition coefficient (Wildman–Crippen LogP) is 0.844. The van der Waals surface area contributed by atoms with E-state index < -0.39 is 15.6 Å². The van der Waals surface area contributed by atoms with Crippen LogP contribution in [-0.2, 0) is 10.0 Å². The van der Waals surface area contributed by atoms with Crippen LogP contribution < -0.4 is 10.3 Å². The Hall–Kier alpha value is -1.70. The zero-order chi connectivity index (χ0) is 15.1. The van der Waals surface area contributed by atoms with Gasteiger partial charge in [0.05, 0.1) is 4.90 Å². The molecule has 0 spiro atoms. The van der Waals surface area contributed by atoms with Gasteiger partial charge in [-0.1, -0.05) is 0 Å². The van der Waals surface area contributed by atoms with Gasteiger partial charge in [-0.2, -0.15) is 0 Å². The average molecular weight is 309 g/mol. The number of fused-ring (bicyclic) bond motifs is 1. The first kappa shape index (κ1) is 14.2. The van der Waals surface area contributed by atoms with Crippen LogP contribution in [0.5, 0.6) is 0 Å². The maximum absolute atomic E-state index is 12.2. The molecule has 1 aliphatic carbocycles. The molecule has 1 saturated carbocycles. The standard InChI is InChI=1S/C14H15NO5S/c16-9-14(5-6-14)8-15-21(18,19)11-2-3-12-10(7-11)1-4-13(17)20-12/h1-4,7,15-16H,5-6,8-9H2. The molecule has 1 aliphatic rings. The Morgan fingerprint density at radius 3 is 2.67 bits per heavy atom. The van der Waals surface area contributed by atoms with Crippen molar-refractivity contribution in [2.45, 2.75) is 17.7 Å². The van der Waals surface area contributed by atoms with E-state index in [1.807, 2.05) is 0 Å². The number of hydrogen-bond acceptors (Lipinski definition) is 5. The van der Waals surface area contributed by atoms with E-state index in [1.54, 1.807) is 0 Å². The minimum atomic E-state index is -3.65. The lowest BCUT2D eigenvalue weighted by Crippen LogP contribution is -2.31. The van der Waals surface area contributed by atoms with Crippen LogP contribution in [0.25, 0.3) is 11.0 Å². The molecule has 0 atom stereocenters. The Morgan fingerprint density at radius 2 is 2.00 bits per heavy atom. The summed E-state index contributed by atoms with van der Waals surface area (Å²) in [7, 11) is -3.65. The number of rotatable bonds is 5. The van der Waals surface area contributed by atoms with Gasteiger partial charge in [0.25, 0.3) is 0 Å². The number of hydrogen-bond donors (Lipinski definition) is 2. The molecular weight excluding hydrogens is 294 g/mol. The molecule has 0 bridgehead atoms. The molecule has 0 radical (unpaired) electrons. The van der Waals surface area contributed by atoms with Gasteiger partial charge in [0, 0.05) is 30.0 Å². The van der Waals surface area contributed by atoms with E-state index in [0.29, 0.717) is 11.0 Å². The van der Waals surface area contributed by atoms with Crippen LogP contribution in [0, 0.1) is 5.41 Å². The van der Waals surface area contributed by atoms with Gasteiger partial charge in [0.15, 0.2) is 0 Å². The summed E-state index contributed by atoms with van der Waals surface area (Å²) < 4.78 is 32.0. The Labute approximate surface area is 121 Å². The summed E-state index contributed by atoms with van der Waals surface area (Å²) in [5, 5.41) is 9.76. The second-order valence-corrected chi connectivity index (χ2v) is 7.20. The van der Waals surface area contributed by atoms with Gasteiger partial charge >= 0.3 is 5.63 Å². The molecule has 21 heavy (non-hydrogen) atoms. The lowest BCUT2D eigenvalue weighted by Gasteiger charge is -2.13. The van der Waals surface area contributed by atoms with E-state index in [4.69, 9.17) is 4.42 Å². The average Bonchev–Trinajstić information content (AvgIpc) is 3.25. The fourth-order valence-electron chi connectivity index (χ4n) is 2.12. The number of aliphatic hydroxyl groups excluding tert-OH is 1. The van der Waals surface area contributed by atoms with Crippen LogP contribution in [0.1, 0.15) is 12.8 Å². The summed E-state index contributed by atoms with van der Waals surface area (Å²) in [6, 6.07) is 7.09. The van der Waals surface area contributed by atoms with E-state index in [0.717, 1.165) is 12.8 Å². The third kappa shape index (κ3) is 2.85. The van der Waals surface area contributed by atoms with Gasteiger partial charge in [0.2, 0.25) is 10.0 Å². The SMILES string of the molecule is O=c1ccc2cc(S(=O)(=O)NCC3(CO)CC3)ccc2o1. The molecule has 1 heterocycles. The molecule has 0 saturated heterocycles. The van der Waals surface area contributed by atoms with Gasteiger partial charge < -0.3 is 9.52 Å². The van der Waals surface area contributed by atoms with E-state index in [2.05, 4.69) is 4.72 Å². The molecule has 0 amide bonds. The van der Waals surface area contributed by atoms with E-state index in [9.17, 15) is 18.3 Å². The highest BCUT2D eigenvalue weighted by Gasteiger charge is 2.42. The molecule has 1 aromatic carbocycles. The van der Waals surface area contributed by atoms with Crippen LogP contribution in [0.2, 0.25) is 0 Å². The Balaban J connectivity index is 1.88. The van der Waals surface area contributed by atoms with Crippen LogP contribution in [0.15, 0.2) is 44.4 Å². The summed E-state index contributed by atoms with van der Waals surface area (Å²) >= 11 is 0. The first-order valence-corrected chi connectivity index (χ1v) is 8.07. The predicted molar refractivity (Wildman–Crippen MR) is 76.4 cm³/mol. The molecule has 7 heteroatoms. The van der Waals surface area contributed by atoms with Crippen molar-refractivity contribution in [3.05, 3.63) is 40.8 Å². The van der Waals surface area contributed by atoms with Crippen molar-refractivity contribution < 1.29 is 17.9 Å². The first-order chi connectivity index (χ1) is 9.94. The summed E-state index contributed by atoms with van der Waals surface area (Å²) in [6.07, 6.45) is 1.66. The molecule has 2 aromatic rings. The van der Waals surface area contributed by atoms with E-state index >= 15 is 0 Å². The number of sulfonamides is 1. The molecule has 0 aliphatic heterocycles. The van der Waals surface area contributed by atoms with Crippen molar-refractivity contribution in [3.8, 4) is 0 Å². The second-order valence-electron chi connectivity index (χ2n) is 5.44. The molecule has 6 nitrogen and oxygen atoms in total. The van der Waals surface area contributed by atoms with Crippen LogP contribution >= 0.6 is 0 Å². The lowest BCUT2D eigenvalue weighted by molar-refractivity contribution is 0.213. The Bertz CT molecular complexity index is 836. The third-order valence-electron chi connectivity index (χ3n) is 3.83. The molecule has 1 fully saturated rings. The third-order valence-corrected chi connectivity index (χ3v) is 5.23. The van der Waals surface area contributed by atoms with Gasteiger partial charge in [-0.25, -0.2) is 17.9 Å². The summed E-state index contributed by atoms with van der Waals surface area (Å²) in [5.41, 5.74) is -0.429. The van der Waals surface area contributed by atoms with Crippen molar-refractivity contribution in [2.75, 3.05) is 13.2 Å². The Kier molecular flexibility index (Phi) is 3.35. The Morgan fingerprint density at radius 1 is 1.24 bits per heavy atom. The van der Waals surface area contributed by atoms with Crippen LogP contribution in [0.4, 0.5) is 0 Å². The monoisotopic (exact) mass is 309 g/mol. The number of nitrogens with one attached hydrogen (secondary N) is 1. The second kappa shape index (κ2) is 4.94. The van der Waals surface area contributed by atoms with Gasteiger partial charge in [-0.15, -0.1) is 0 Å². The topological polar surface area (TPSA) is 96.6 Å². The maximum Gasteiger partial charge on any atom is 0.336 e. The van der Waals surface area contributed by atoms with Gasteiger partial charge in [0.1, 0.15) is 5.58 Å². The van der Waals surface area contributed by atoms with E-state index in [1.165, 1.54) is 30.3 Å². The molecule has 1 aromatic heterocycles. The highest BCUT2D eigenvalue weighted by molar-refractivity contribution is 7.89. The molecular formula is C14H15NO5S. The fraction of sp³-hybridized carbons (Fsp3) is 0.357. The fourth-order valence-corrected chi connectivity index (χ4v) is 3.31. The van der Waals surface area contributed by atoms with Crippen molar-refractivity contribution in [2.24, 2.45) is 5.41 Å². The lowest BCUT2D eigenvalue weighted by atomic mass is 10.1. The highest BCUT2D eigenvalue weighted by Crippen LogP contribution is 2.44.